The van der Waals surface area contributed by atoms with Gasteiger partial charge in [-0.05, 0) is 27.5 Å². The molecule has 0 saturated carbocycles. The van der Waals surface area contributed by atoms with E-state index in [1.54, 1.807) is 24.3 Å². The molecule has 0 fully saturated rings. The zero-order chi connectivity index (χ0) is 21.2. The van der Waals surface area contributed by atoms with Crippen LogP contribution in [0.2, 0.25) is 0 Å². The van der Waals surface area contributed by atoms with Crippen LogP contribution in [0.5, 0.6) is 0 Å². The van der Waals surface area contributed by atoms with E-state index in [2.05, 4.69) is 31.4 Å². The average Bonchev–Trinajstić information content (AvgIpc) is 3.16. The smallest absolute Gasteiger partial charge is 0.317 e. The molecular weight excluding hydrogens is 394 g/mol. The fraction of sp³-hybridized carbons (Fsp3) is 0.278. The molecule has 29 heavy (non-hydrogen) atoms. The Morgan fingerprint density at radius 2 is 1.97 bits per heavy atom. The quantitative estimate of drug-likeness (QED) is 0.321. The second kappa shape index (κ2) is 8.15. The van der Waals surface area contributed by atoms with Gasteiger partial charge in [0.05, 0.1) is 11.9 Å². The SMILES string of the molecule is C=S(=O)(c1ccc(-c2cnc(N)c(-c3nnc(NC(O)CN)o3)n2)cc1)C(C)C. The van der Waals surface area contributed by atoms with Gasteiger partial charge in [0.1, 0.15) is 6.23 Å². The molecule has 2 aromatic heterocycles. The third-order valence-corrected chi connectivity index (χ3v) is 6.85. The molecule has 2 unspecified atom stereocenters. The zero-order valence-electron chi connectivity index (χ0n) is 16.1. The number of aromatic nitrogens is 4. The molecule has 0 saturated heterocycles. The van der Waals surface area contributed by atoms with Gasteiger partial charge < -0.3 is 26.3 Å². The number of benzene rings is 1. The molecule has 2 atom stereocenters. The topological polar surface area (TPSA) is 166 Å². The molecule has 0 aliphatic rings. The lowest BCUT2D eigenvalue weighted by atomic mass is 10.1. The molecule has 3 rings (SSSR count). The van der Waals surface area contributed by atoms with Crippen LogP contribution in [0.15, 0.2) is 39.8 Å². The van der Waals surface area contributed by atoms with Gasteiger partial charge in [-0.15, -0.1) is 5.10 Å². The lowest BCUT2D eigenvalue weighted by Crippen LogP contribution is -2.28. The Balaban J connectivity index is 1.92. The Labute approximate surface area is 168 Å². The number of nitrogens with one attached hydrogen (secondary N) is 1. The molecule has 0 aliphatic carbocycles. The van der Waals surface area contributed by atoms with Crippen LogP contribution in [0.25, 0.3) is 22.8 Å². The Bertz CT molecular complexity index is 1090. The van der Waals surface area contributed by atoms with Gasteiger partial charge in [0, 0.05) is 22.3 Å². The Morgan fingerprint density at radius 3 is 2.59 bits per heavy atom. The van der Waals surface area contributed by atoms with Crippen LogP contribution in [0.4, 0.5) is 11.8 Å². The van der Waals surface area contributed by atoms with E-state index in [4.69, 9.17) is 15.9 Å². The normalized spacial score (nSPS) is 14.5. The molecular formula is C18H23N7O3S. The third kappa shape index (κ3) is 4.36. The second-order valence-electron chi connectivity index (χ2n) is 6.60. The standard InChI is InChI=1S/C18H23N7O3S/c1-10(2)29(3,27)12-6-4-11(5-7-12)13-9-21-16(20)15(22-13)17-24-25-18(28-17)23-14(26)8-19/h4-7,9-10,14,26H,3,8,19H2,1-2H3,(H2,20,21)(H,23,25). The first-order valence-electron chi connectivity index (χ1n) is 8.80. The number of nitrogen functional groups attached to an aromatic ring is 1. The number of aliphatic hydroxyl groups excluding tert-OH is 1. The Morgan fingerprint density at radius 1 is 1.28 bits per heavy atom. The Kier molecular flexibility index (Phi) is 5.82. The van der Waals surface area contributed by atoms with Gasteiger partial charge in [0.25, 0.3) is 5.89 Å². The molecule has 6 N–H and O–H groups in total. The first-order chi connectivity index (χ1) is 13.7. The molecule has 0 amide bonds. The monoisotopic (exact) mass is 417 g/mol. The summed E-state index contributed by atoms with van der Waals surface area (Å²) in [5.74, 6) is 4.01. The summed E-state index contributed by atoms with van der Waals surface area (Å²) in [6.45, 7) is 3.73. The molecule has 11 heteroatoms. The summed E-state index contributed by atoms with van der Waals surface area (Å²) < 4.78 is 18.1. The molecule has 10 nitrogen and oxygen atoms in total. The predicted octanol–water partition coefficient (Wildman–Crippen LogP) is 0.948. The zero-order valence-corrected chi connectivity index (χ0v) is 16.9. The van der Waals surface area contributed by atoms with E-state index in [-0.39, 0.29) is 35.2 Å². The van der Waals surface area contributed by atoms with Crippen LogP contribution in [-0.4, -0.2) is 53.4 Å². The number of aliphatic hydroxyl groups is 1. The van der Waals surface area contributed by atoms with Crippen LogP contribution >= 0.6 is 0 Å². The minimum Gasteiger partial charge on any atom is -0.401 e. The largest absolute Gasteiger partial charge is 0.401 e. The minimum atomic E-state index is -2.37. The van der Waals surface area contributed by atoms with Crippen molar-refractivity contribution in [2.24, 2.45) is 5.73 Å². The van der Waals surface area contributed by atoms with Crippen molar-refractivity contribution in [1.82, 2.24) is 20.2 Å². The van der Waals surface area contributed by atoms with Crippen molar-refractivity contribution in [1.29, 1.82) is 0 Å². The molecule has 0 radical (unpaired) electrons. The summed E-state index contributed by atoms with van der Waals surface area (Å²) in [5, 5.41) is 19.6. The highest BCUT2D eigenvalue weighted by atomic mass is 32.2. The van der Waals surface area contributed by atoms with Crippen LogP contribution in [0, 0.1) is 0 Å². The van der Waals surface area contributed by atoms with Gasteiger partial charge in [-0.2, -0.15) is 0 Å². The summed E-state index contributed by atoms with van der Waals surface area (Å²) in [4.78, 5) is 9.29. The highest BCUT2D eigenvalue weighted by molar-refractivity contribution is 8.00. The van der Waals surface area contributed by atoms with E-state index in [0.717, 1.165) is 5.56 Å². The third-order valence-electron chi connectivity index (χ3n) is 4.25. The van der Waals surface area contributed by atoms with Gasteiger partial charge >= 0.3 is 6.01 Å². The lowest BCUT2D eigenvalue weighted by Gasteiger charge is -2.13. The van der Waals surface area contributed by atoms with Crippen molar-refractivity contribution in [2.75, 3.05) is 17.6 Å². The van der Waals surface area contributed by atoms with E-state index in [1.165, 1.54) is 6.20 Å². The van der Waals surface area contributed by atoms with Crippen molar-refractivity contribution in [3.63, 3.8) is 0 Å². The first-order valence-corrected chi connectivity index (χ1v) is 10.6. The van der Waals surface area contributed by atoms with Crippen molar-refractivity contribution >= 4 is 27.2 Å². The van der Waals surface area contributed by atoms with Gasteiger partial charge in [-0.3, -0.25) is 4.21 Å². The fourth-order valence-corrected chi connectivity index (χ4v) is 3.54. The number of anilines is 2. The van der Waals surface area contributed by atoms with Crippen molar-refractivity contribution in [3.05, 3.63) is 30.5 Å². The Hall–Kier alpha value is -3.02. The molecule has 0 spiro atoms. The number of rotatable bonds is 7. The minimum absolute atomic E-state index is 0.0206. The van der Waals surface area contributed by atoms with Crippen molar-refractivity contribution < 1.29 is 13.7 Å². The maximum Gasteiger partial charge on any atom is 0.317 e. The molecule has 0 bridgehead atoms. The van der Waals surface area contributed by atoms with Crippen LogP contribution < -0.4 is 16.8 Å². The number of hydrogen-bond acceptors (Lipinski definition) is 10. The number of hydrogen-bond donors (Lipinski definition) is 4. The summed E-state index contributed by atoms with van der Waals surface area (Å²) in [6.07, 6.45) is 0.497. The summed E-state index contributed by atoms with van der Waals surface area (Å²) in [5.41, 5.74) is 12.7. The van der Waals surface area contributed by atoms with Gasteiger partial charge in [0.2, 0.25) is 0 Å². The van der Waals surface area contributed by atoms with E-state index in [0.29, 0.717) is 10.6 Å². The summed E-state index contributed by atoms with van der Waals surface area (Å²) in [7, 11) is -2.37. The maximum atomic E-state index is 12.7. The molecule has 3 aromatic rings. The summed E-state index contributed by atoms with van der Waals surface area (Å²) in [6, 6.07) is 7.11. The van der Waals surface area contributed by atoms with E-state index >= 15 is 0 Å². The van der Waals surface area contributed by atoms with Gasteiger partial charge in [-0.25, -0.2) is 9.97 Å². The second-order valence-corrected chi connectivity index (χ2v) is 9.46. The predicted molar refractivity (Wildman–Crippen MR) is 113 cm³/mol. The molecule has 2 heterocycles. The fourth-order valence-electron chi connectivity index (χ4n) is 2.40. The van der Waals surface area contributed by atoms with Crippen LogP contribution in [-0.2, 0) is 9.52 Å². The molecule has 1 aromatic carbocycles. The molecule has 0 aliphatic heterocycles. The van der Waals surface area contributed by atoms with Crippen LogP contribution in [0.1, 0.15) is 13.8 Å². The van der Waals surface area contributed by atoms with Crippen LogP contribution in [0.3, 0.4) is 0 Å². The van der Waals surface area contributed by atoms with Crippen molar-refractivity contribution in [2.45, 2.75) is 30.2 Å². The maximum absolute atomic E-state index is 12.7. The van der Waals surface area contributed by atoms with Crippen molar-refractivity contribution in [3.8, 4) is 22.8 Å². The van der Waals surface area contributed by atoms with Gasteiger partial charge in [0.15, 0.2) is 11.5 Å². The number of nitrogens with two attached hydrogens (primary N) is 2. The lowest BCUT2D eigenvalue weighted by molar-refractivity contribution is 0.208. The highest BCUT2D eigenvalue weighted by Crippen LogP contribution is 2.27. The van der Waals surface area contributed by atoms with E-state index in [9.17, 15) is 9.32 Å². The average molecular weight is 417 g/mol. The van der Waals surface area contributed by atoms with Gasteiger partial charge in [-0.1, -0.05) is 31.1 Å². The first kappa shape index (κ1) is 20.7. The number of nitrogens with zero attached hydrogens (tertiary/aromatic N) is 4. The summed E-state index contributed by atoms with van der Waals surface area (Å²) >= 11 is 0. The van der Waals surface area contributed by atoms with E-state index in [1.807, 2.05) is 13.8 Å². The highest BCUT2D eigenvalue weighted by Gasteiger charge is 2.17. The van der Waals surface area contributed by atoms with E-state index < -0.39 is 15.7 Å². The molecule has 154 valence electrons.